The van der Waals surface area contributed by atoms with Crippen LogP contribution in [0.4, 0.5) is 0 Å². The number of para-hydroxylation sites is 1. The Morgan fingerprint density at radius 1 is 1.32 bits per heavy atom. The van der Waals surface area contributed by atoms with E-state index >= 15 is 0 Å². The van der Waals surface area contributed by atoms with Crippen molar-refractivity contribution in [1.82, 2.24) is 14.9 Å². The van der Waals surface area contributed by atoms with E-state index in [1.54, 1.807) is 0 Å². The molecular weight excluding hydrogens is 234 g/mol. The van der Waals surface area contributed by atoms with Crippen LogP contribution in [0.2, 0.25) is 0 Å². The lowest BCUT2D eigenvalue weighted by molar-refractivity contribution is 0.365. The van der Waals surface area contributed by atoms with Gasteiger partial charge in [-0.2, -0.15) is 0 Å². The lowest BCUT2D eigenvalue weighted by atomic mass is 9.94. The number of hydrogen-bond donors (Lipinski definition) is 1. The largest absolute Gasteiger partial charge is 0.331 e. The Kier molecular flexibility index (Phi) is 3.56. The molecule has 1 fully saturated rings. The van der Waals surface area contributed by atoms with Crippen molar-refractivity contribution < 1.29 is 0 Å². The lowest BCUT2D eigenvalue weighted by Crippen LogP contribution is -2.29. The van der Waals surface area contributed by atoms with Crippen LogP contribution in [-0.4, -0.2) is 22.6 Å². The average molecular weight is 257 g/mol. The number of hydrogen-bond acceptors (Lipinski definition) is 2. The number of rotatable bonds is 3. The highest BCUT2D eigenvalue weighted by atomic mass is 15.1. The van der Waals surface area contributed by atoms with Crippen molar-refractivity contribution in [1.29, 1.82) is 0 Å². The fourth-order valence-electron chi connectivity index (χ4n) is 3.13. The number of aryl methyl sites for hydroxylation is 2. The van der Waals surface area contributed by atoms with Gasteiger partial charge in [0.05, 0.1) is 11.0 Å². The summed E-state index contributed by atoms with van der Waals surface area (Å²) >= 11 is 0. The maximum absolute atomic E-state index is 4.92. The van der Waals surface area contributed by atoms with E-state index in [9.17, 15) is 0 Å². The van der Waals surface area contributed by atoms with Crippen molar-refractivity contribution in [3.8, 4) is 0 Å². The highest BCUT2D eigenvalue weighted by Crippen LogP contribution is 2.23. The second kappa shape index (κ2) is 5.33. The van der Waals surface area contributed by atoms with Crippen molar-refractivity contribution in [3.05, 3.63) is 29.6 Å². The van der Waals surface area contributed by atoms with E-state index in [4.69, 9.17) is 4.98 Å². The number of piperidine rings is 1. The minimum atomic E-state index is 0.793. The summed E-state index contributed by atoms with van der Waals surface area (Å²) in [6.45, 7) is 4.53. The molecule has 1 N–H and O–H groups in total. The normalized spacial score (nSPS) is 17.2. The molecule has 1 aliphatic heterocycles. The van der Waals surface area contributed by atoms with Gasteiger partial charge in [0.25, 0.3) is 0 Å². The van der Waals surface area contributed by atoms with Gasteiger partial charge in [0.2, 0.25) is 0 Å². The van der Waals surface area contributed by atoms with Gasteiger partial charge in [-0.15, -0.1) is 0 Å². The molecule has 1 aliphatic rings. The molecular formula is C16H23N3. The van der Waals surface area contributed by atoms with E-state index in [0.29, 0.717) is 0 Å². The van der Waals surface area contributed by atoms with E-state index in [1.807, 2.05) is 0 Å². The fraction of sp³-hybridized carbons (Fsp3) is 0.562. The van der Waals surface area contributed by atoms with Crippen molar-refractivity contribution in [2.45, 2.75) is 32.6 Å². The average Bonchev–Trinajstić information content (AvgIpc) is 2.77. The zero-order valence-corrected chi connectivity index (χ0v) is 11.9. The van der Waals surface area contributed by atoms with E-state index in [1.165, 1.54) is 35.3 Å². The second-order valence-electron chi connectivity index (χ2n) is 5.62. The molecule has 3 rings (SSSR count). The van der Waals surface area contributed by atoms with Crippen LogP contribution in [0.25, 0.3) is 11.0 Å². The van der Waals surface area contributed by atoms with Crippen molar-refractivity contribution in [3.63, 3.8) is 0 Å². The standard InChI is InChI=1S/C16H23N3/c1-3-13-5-4-6-14-16(13)18-15(19(14)2)11-12-7-9-17-10-8-12/h4-6,12,17H,3,7-11H2,1-2H3. The van der Waals surface area contributed by atoms with Gasteiger partial charge in [-0.25, -0.2) is 4.98 Å². The molecule has 0 radical (unpaired) electrons. The van der Waals surface area contributed by atoms with E-state index < -0.39 is 0 Å². The first-order chi connectivity index (χ1) is 9.29. The summed E-state index contributed by atoms with van der Waals surface area (Å²) in [5.74, 6) is 2.05. The zero-order valence-electron chi connectivity index (χ0n) is 11.9. The topological polar surface area (TPSA) is 29.9 Å². The molecule has 0 unspecified atom stereocenters. The van der Waals surface area contributed by atoms with Crippen molar-refractivity contribution >= 4 is 11.0 Å². The van der Waals surface area contributed by atoms with Crippen LogP contribution in [-0.2, 0) is 19.9 Å². The lowest BCUT2D eigenvalue weighted by Gasteiger charge is -2.22. The summed E-state index contributed by atoms with van der Waals surface area (Å²) in [5, 5.41) is 3.43. The Hall–Kier alpha value is -1.35. The predicted octanol–water partition coefficient (Wildman–Crippen LogP) is 2.68. The van der Waals surface area contributed by atoms with E-state index in [-0.39, 0.29) is 0 Å². The summed E-state index contributed by atoms with van der Waals surface area (Å²) in [5.41, 5.74) is 3.85. The maximum Gasteiger partial charge on any atom is 0.109 e. The zero-order chi connectivity index (χ0) is 13.2. The third-order valence-corrected chi connectivity index (χ3v) is 4.40. The summed E-state index contributed by atoms with van der Waals surface area (Å²) in [6.07, 6.45) is 4.74. The molecule has 0 amide bonds. The highest BCUT2D eigenvalue weighted by molar-refractivity contribution is 5.79. The smallest absolute Gasteiger partial charge is 0.109 e. The summed E-state index contributed by atoms with van der Waals surface area (Å²) in [4.78, 5) is 4.92. The molecule has 19 heavy (non-hydrogen) atoms. The van der Waals surface area contributed by atoms with Crippen LogP contribution in [0.3, 0.4) is 0 Å². The van der Waals surface area contributed by atoms with Crippen LogP contribution >= 0.6 is 0 Å². The molecule has 102 valence electrons. The van der Waals surface area contributed by atoms with Gasteiger partial charge in [0.15, 0.2) is 0 Å². The van der Waals surface area contributed by atoms with Crippen LogP contribution in [0.15, 0.2) is 18.2 Å². The first kappa shape index (κ1) is 12.7. The Balaban J connectivity index is 1.93. The molecule has 1 saturated heterocycles. The Bertz CT molecular complexity index is 565. The number of imidazole rings is 1. The Morgan fingerprint density at radius 2 is 2.11 bits per heavy atom. The minimum Gasteiger partial charge on any atom is -0.331 e. The number of nitrogens with one attached hydrogen (secondary N) is 1. The molecule has 0 spiro atoms. The molecule has 1 aromatic heterocycles. The van der Waals surface area contributed by atoms with Crippen molar-refractivity contribution in [2.75, 3.05) is 13.1 Å². The fourth-order valence-corrected chi connectivity index (χ4v) is 3.13. The summed E-state index contributed by atoms with van der Waals surface area (Å²) in [6, 6.07) is 6.54. The van der Waals surface area contributed by atoms with Crippen molar-refractivity contribution in [2.24, 2.45) is 13.0 Å². The van der Waals surface area contributed by atoms with Gasteiger partial charge in [-0.1, -0.05) is 19.1 Å². The molecule has 0 saturated carbocycles. The van der Waals surface area contributed by atoms with Gasteiger partial charge in [0, 0.05) is 13.5 Å². The first-order valence-corrected chi connectivity index (χ1v) is 7.43. The summed E-state index contributed by atoms with van der Waals surface area (Å²) in [7, 11) is 2.16. The molecule has 2 aromatic rings. The predicted molar refractivity (Wildman–Crippen MR) is 79.4 cm³/mol. The number of aromatic nitrogens is 2. The highest BCUT2D eigenvalue weighted by Gasteiger charge is 2.17. The van der Waals surface area contributed by atoms with Gasteiger partial charge in [-0.05, 0) is 49.9 Å². The van der Waals surface area contributed by atoms with E-state index in [0.717, 1.165) is 31.8 Å². The quantitative estimate of drug-likeness (QED) is 0.916. The van der Waals surface area contributed by atoms with Crippen LogP contribution in [0.1, 0.15) is 31.2 Å². The number of fused-ring (bicyclic) bond motifs is 1. The first-order valence-electron chi connectivity index (χ1n) is 7.43. The van der Waals surface area contributed by atoms with Crippen LogP contribution in [0, 0.1) is 5.92 Å². The number of benzene rings is 1. The van der Waals surface area contributed by atoms with Gasteiger partial charge >= 0.3 is 0 Å². The molecule has 2 heterocycles. The number of nitrogens with zero attached hydrogens (tertiary/aromatic N) is 2. The molecule has 1 aromatic carbocycles. The van der Waals surface area contributed by atoms with E-state index in [2.05, 4.69) is 42.1 Å². The minimum absolute atomic E-state index is 0.793. The molecule has 3 heteroatoms. The monoisotopic (exact) mass is 257 g/mol. The van der Waals surface area contributed by atoms with Gasteiger partial charge in [0.1, 0.15) is 5.82 Å². The summed E-state index contributed by atoms with van der Waals surface area (Å²) < 4.78 is 2.29. The molecule has 0 aliphatic carbocycles. The van der Waals surface area contributed by atoms with Crippen LogP contribution < -0.4 is 5.32 Å². The molecule has 0 atom stereocenters. The Labute approximate surface area is 115 Å². The molecule has 3 nitrogen and oxygen atoms in total. The second-order valence-corrected chi connectivity index (χ2v) is 5.62. The van der Waals surface area contributed by atoms with Crippen LogP contribution in [0.5, 0.6) is 0 Å². The SMILES string of the molecule is CCc1cccc2c1nc(CC1CCNCC1)n2C. The van der Waals surface area contributed by atoms with Gasteiger partial charge < -0.3 is 9.88 Å². The molecule has 0 bridgehead atoms. The third-order valence-electron chi connectivity index (χ3n) is 4.40. The third kappa shape index (κ3) is 2.39. The van der Waals surface area contributed by atoms with Gasteiger partial charge in [-0.3, -0.25) is 0 Å². The Morgan fingerprint density at radius 3 is 2.84 bits per heavy atom. The maximum atomic E-state index is 4.92.